The van der Waals surface area contributed by atoms with Gasteiger partial charge in [-0.05, 0) is 45.1 Å². The van der Waals surface area contributed by atoms with Crippen molar-refractivity contribution in [2.75, 3.05) is 32.9 Å². The van der Waals surface area contributed by atoms with Crippen LogP contribution in [0, 0.1) is 0 Å². The van der Waals surface area contributed by atoms with E-state index in [1.807, 2.05) is 19.0 Å². The summed E-state index contributed by atoms with van der Waals surface area (Å²) in [4.78, 5) is 1.94. The van der Waals surface area contributed by atoms with E-state index in [0.717, 1.165) is 12.8 Å². The van der Waals surface area contributed by atoms with Gasteiger partial charge in [0, 0.05) is 24.7 Å². The Bertz CT molecular complexity index is 827. The number of nitrogens with zero attached hydrogens (tertiary/aromatic N) is 3. The van der Waals surface area contributed by atoms with Crippen molar-refractivity contribution in [2.45, 2.75) is 23.7 Å². The molecule has 1 aromatic carbocycles. The second kappa shape index (κ2) is 6.50. The molecule has 1 aliphatic rings. The fourth-order valence-electron chi connectivity index (χ4n) is 2.26. The summed E-state index contributed by atoms with van der Waals surface area (Å²) in [7, 11) is 0.00913. The molecule has 0 bridgehead atoms. The zero-order chi connectivity index (χ0) is 17.3. The molecule has 0 atom stereocenters. The fraction of sp³-hybridized carbons (Fsp3) is 0.467. The van der Waals surface area contributed by atoms with Crippen LogP contribution in [0.4, 0.5) is 5.69 Å². The van der Waals surface area contributed by atoms with Crippen LogP contribution in [0.15, 0.2) is 27.5 Å². The highest BCUT2D eigenvalue weighted by Gasteiger charge is 2.30. The van der Waals surface area contributed by atoms with Crippen molar-refractivity contribution < 1.29 is 12.8 Å². The molecule has 9 heteroatoms. The van der Waals surface area contributed by atoms with Gasteiger partial charge in [0.1, 0.15) is 0 Å². The Labute approximate surface area is 141 Å². The number of nitrogens with one attached hydrogen (secondary N) is 1. The van der Waals surface area contributed by atoms with Gasteiger partial charge in [-0.25, -0.2) is 13.1 Å². The van der Waals surface area contributed by atoms with Crippen LogP contribution in [0.25, 0.3) is 11.5 Å². The maximum absolute atomic E-state index is 12.6. The number of nitrogens with two attached hydrogens (primary N) is 1. The van der Waals surface area contributed by atoms with Crippen LogP contribution >= 0.6 is 0 Å². The van der Waals surface area contributed by atoms with E-state index in [1.54, 1.807) is 12.1 Å². The molecule has 0 spiro atoms. The molecule has 0 amide bonds. The van der Waals surface area contributed by atoms with Crippen molar-refractivity contribution in [1.29, 1.82) is 0 Å². The molecule has 130 valence electrons. The first-order valence-corrected chi connectivity index (χ1v) is 9.23. The highest BCUT2D eigenvalue weighted by atomic mass is 32.2. The molecule has 2 aromatic rings. The second-order valence-corrected chi connectivity index (χ2v) is 7.91. The molecule has 1 saturated carbocycles. The number of sulfonamides is 1. The first-order chi connectivity index (χ1) is 11.4. The van der Waals surface area contributed by atoms with Crippen molar-refractivity contribution in [2.24, 2.45) is 0 Å². The highest BCUT2D eigenvalue weighted by molar-refractivity contribution is 7.89. The number of hydrogen-bond donors (Lipinski definition) is 2. The molecule has 3 rings (SSSR count). The first kappa shape index (κ1) is 16.9. The molecule has 8 nitrogen and oxygen atoms in total. The minimum Gasteiger partial charge on any atom is -0.420 e. The average Bonchev–Trinajstić information content (AvgIpc) is 3.24. The minimum atomic E-state index is -3.74. The van der Waals surface area contributed by atoms with Gasteiger partial charge in [0.2, 0.25) is 21.8 Å². The van der Waals surface area contributed by atoms with E-state index in [9.17, 15) is 8.42 Å². The van der Waals surface area contributed by atoms with E-state index in [0.29, 0.717) is 36.1 Å². The van der Waals surface area contributed by atoms with Gasteiger partial charge in [-0.15, -0.1) is 10.2 Å². The summed E-state index contributed by atoms with van der Waals surface area (Å²) in [5, 5.41) is 8.02. The highest BCUT2D eigenvalue weighted by Crippen LogP contribution is 2.40. The Balaban J connectivity index is 1.92. The van der Waals surface area contributed by atoms with E-state index in [-0.39, 0.29) is 10.8 Å². The molecule has 1 aromatic heterocycles. The van der Waals surface area contributed by atoms with Crippen LogP contribution in [-0.4, -0.2) is 50.7 Å². The standard InChI is InChI=1S/C15H21N5O3S/c1-20(2)8-7-17-24(21,22)13-9-11(16)5-6-12(13)15-19-18-14(23-15)10-3-4-10/h5-6,9-10,17H,3-4,7-8,16H2,1-2H3. The summed E-state index contributed by atoms with van der Waals surface area (Å²) >= 11 is 0. The van der Waals surface area contributed by atoms with Crippen molar-refractivity contribution in [3.63, 3.8) is 0 Å². The Morgan fingerprint density at radius 1 is 1.33 bits per heavy atom. The van der Waals surface area contributed by atoms with Crippen molar-refractivity contribution in [3.05, 3.63) is 24.1 Å². The molecule has 1 heterocycles. The lowest BCUT2D eigenvalue weighted by molar-refractivity contribution is 0.412. The van der Waals surface area contributed by atoms with Crippen molar-refractivity contribution in [1.82, 2.24) is 19.8 Å². The number of rotatable bonds is 7. The van der Waals surface area contributed by atoms with Gasteiger partial charge in [-0.1, -0.05) is 0 Å². The zero-order valence-electron chi connectivity index (χ0n) is 13.7. The topological polar surface area (TPSA) is 114 Å². The molecule has 1 aliphatic carbocycles. The number of hydrogen-bond acceptors (Lipinski definition) is 7. The van der Waals surface area contributed by atoms with Crippen molar-refractivity contribution in [3.8, 4) is 11.5 Å². The van der Waals surface area contributed by atoms with Crippen LogP contribution in [0.1, 0.15) is 24.7 Å². The Morgan fingerprint density at radius 2 is 2.08 bits per heavy atom. The molecular formula is C15H21N5O3S. The van der Waals surface area contributed by atoms with E-state index in [1.165, 1.54) is 6.07 Å². The molecule has 0 saturated heterocycles. The third-order valence-corrected chi connectivity index (χ3v) is 5.24. The van der Waals surface area contributed by atoms with Gasteiger partial charge < -0.3 is 15.1 Å². The number of nitrogen functional groups attached to an aromatic ring is 1. The normalized spacial score (nSPS) is 15.1. The van der Waals surface area contributed by atoms with E-state index in [2.05, 4.69) is 14.9 Å². The quantitative estimate of drug-likeness (QED) is 0.716. The lowest BCUT2D eigenvalue weighted by atomic mass is 10.2. The predicted octanol–water partition coefficient (Wildman–Crippen LogP) is 1.04. The summed E-state index contributed by atoms with van der Waals surface area (Å²) in [5.41, 5.74) is 6.49. The zero-order valence-corrected chi connectivity index (χ0v) is 14.5. The Kier molecular flexibility index (Phi) is 4.57. The predicted molar refractivity (Wildman–Crippen MR) is 89.9 cm³/mol. The molecule has 24 heavy (non-hydrogen) atoms. The molecule has 0 unspecified atom stereocenters. The van der Waals surface area contributed by atoms with Crippen LogP contribution < -0.4 is 10.5 Å². The lowest BCUT2D eigenvalue weighted by Crippen LogP contribution is -2.31. The first-order valence-electron chi connectivity index (χ1n) is 7.74. The Hall–Kier alpha value is -1.97. The van der Waals surface area contributed by atoms with E-state index >= 15 is 0 Å². The molecule has 3 N–H and O–H groups in total. The molecule has 0 radical (unpaired) electrons. The SMILES string of the molecule is CN(C)CCNS(=O)(=O)c1cc(N)ccc1-c1nnc(C2CC2)o1. The third-order valence-electron chi connectivity index (χ3n) is 3.74. The molecule has 0 aliphatic heterocycles. The lowest BCUT2D eigenvalue weighted by Gasteiger charge is -2.13. The van der Waals surface area contributed by atoms with Gasteiger partial charge in [-0.2, -0.15) is 0 Å². The smallest absolute Gasteiger partial charge is 0.249 e. The van der Waals surface area contributed by atoms with Gasteiger partial charge in [0.05, 0.1) is 10.5 Å². The van der Waals surface area contributed by atoms with Gasteiger partial charge in [-0.3, -0.25) is 0 Å². The molecular weight excluding hydrogens is 330 g/mol. The second-order valence-electron chi connectivity index (χ2n) is 6.18. The number of benzene rings is 1. The minimum absolute atomic E-state index is 0.0484. The summed E-state index contributed by atoms with van der Waals surface area (Å²) in [6.07, 6.45) is 2.06. The monoisotopic (exact) mass is 351 g/mol. The van der Waals surface area contributed by atoms with E-state index in [4.69, 9.17) is 10.2 Å². The summed E-state index contributed by atoms with van der Waals surface area (Å²) in [6, 6.07) is 4.63. The van der Waals surface area contributed by atoms with Gasteiger partial charge in [0.25, 0.3) is 0 Å². The van der Waals surface area contributed by atoms with Crippen LogP contribution in [-0.2, 0) is 10.0 Å². The fourth-order valence-corrected chi connectivity index (χ4v) is 3.51. The van der Waals surface area contributed by atoms with E-state index < -0.39 is 10.0 Å². The molecule has 1 fully saturated rings. The summed E-state index contributed by atoms with van der Waals surface area (Å²) in [6.45, 7) is 0.879. The number of anilines is 1. The Morgan fingerprint density at radius 3 is 2.75 bits per heavy atom. The van der Waals surface area contributed by atoms with Crippen LogP contribution in [0.5, 0.6) is 0 Å². The summed E-state index contributed by atoms with van der Waals surface area (Å²) < 4.78 is 33.5. The average molecular weight is 351 g/mol. The number of likely N-dealkylation sites (N-methyl/N-ethyl adjacent to an activating group) is 1. The van der Waals surface area contributed by atoms with Crippen molar-refractivity contribution >= 4 is 15.7 Å². The maximum atomic E-state index is 12.6. The van der Waals surface area contributed by atoms with Gasteiger partial charge in [0.15, 0.2) is 0 Å². The number of aromatic nitrogens is 2. The largest absolute Gasteiger partial charge is 0.420 e. The van der Waals surface area contributed by atoms with Crippen LogP contribution in [0.2, 0.25) is 0 Å². The summed E-state index contributed by atoms with van der Waals surface area (Å²) in [5.74, 6) is 1.06. The van der Waals surface area contributed by atoms with Gasteiger partial charge >= 0.3 is 0 Å². The third kappa shape index (κ3) is 3.74. The maximum Gasteiger partial charge on any atom is 0.249 e. The van der Waals surface area contributed by atoms with Crippen LogP contribution in [0.3, 0.4) is 0 Å².